The molecule has 2 aromatic heterocycles. The van der Waals surface area contributed by atoms with Gasteiger partial charge in [0.15, 0.2) is 5.57 Å². The van der Waals surface area contributed by atoms with E-state index in [2.05, 4.69) is 21.7 Å². The molecule has 3 aromatic rings. The van der Waals surface area contributed by atoms with E-state index in [1.165, 1.54) is 6.20 Å². The summed E-state index contributed by atoms with van der Waals surface area (Å²) in [4.78, 5) is 43.8. The minimum absolute atomic E-state index is 0.0727. The first-order chi connectivity index (χ1) is 19.4. The molecule has 1 aromatic carbocycles. The number of likely N-dealkylation sites (N-methyl/N-ethyl adjacent to an activating group) is 1. The van der Waals surface area contributed by atoms with E-state index in [-0.39, 0.29) is 34.0 Å². The molecule has 3 N–H and O–H groups in total. The zero-order valence-corrected chi connectivity index (χ0v) is 23.3. The first-order valence-corrected chi connectivity index (χ1v) is 13.2. The fourth-order valence-electron chi connectivity index (χ4n) is 3.79. The molecular weight excluding hydrogens is 559 g/mol. The molecule has 2 amide bonds. The van der Waals surface area contributed by atoms with Crippen LogP contribution in [0.4, 0.5) is 24.8 Å². The van der Waals surface area contributed by atoms with Crippen LogP contribution >= 0.6 is 11.3 Å². The van der Waals surface area contributed by atoms with Crippen LogP contribution in [0.25, 0.3) is 11.8 Å². The average Bonchev–Trinajstić information content (AvgIpc) is 3.21. The van der Waals surface area contributed by atoms with Crippen molar-refractivity contribution in [3.8, 4) is 6.07 Å². The number of halogens is 3. The number of hydrogen-bond donors (Lipinski definition) is 3. The second-order valence-electron chi connectivity index (χ2n) is 9.01. The molecule has 41 heavy (non-hydrogen) atoms. The fourth-order valence-corrected chi connectivity index (χ4v) is 4.87. The number of thiazole rings is 1. The smallest absolute Gasteiger partial charge is 0.345 e. The maximum atomic E-state index is 12.9. The SMILES string of the molecule is CCn1c(=C(C#N)C(=O)NCC(F)(F)F)sc(=CNc2cccc(NC(=O)CN(C)Cc3cccc(C)c3)n2)c1=O. The van der Waals surface area contributed by atoms with Crippen LogP contribution in [-0.2, 0) is 22.7 Å². The minimum atomic E-state index is -4.66. The van der Waals surface area contributed by atoms with Crippen LogP contribution < -0.4 is 30.7 Å². The number of aryl methyl sites for hydroxylation is 1. The van der Waals surface area contributed by atoms with Gasteiger partial charge in [0.1, 0.15) is 33.4 Å². The summed E-state index contributed by atoms with van der Waals surface area (Å²) >= 11 is 0.775. The molecule has 0 atom stereocenters. The fraction of sp³-hybridized carbons (Fsp3) is 0.296. The maximum absolute atomic E-state index is 12.9. The molecule has 2 heterocycles. The number of hydrogen-bond acceptors (Lipinski definition) is 8. The van der Waals surface area contributed by atoms with Crippen LogP contribution in [-0.4, -0.2) is 52.6 Å². The Balaban J connectivity index is 1.75. The summed E-state index contributed by atoms with van der Waals surface area (Å²) in [5.74, 6) is -0.939. The molecule has 0 fully saturated rings. The van der Waals surface area contributed by atoms with Crippen molar-refractivity contribution in [1.82, 2.24) is 19.8 Å². The number of amides is 2. The molecule has 14 heteroatoms. The zero-order valence-electron chi connectivity index (χ0n) is 22.5. The van der Waals surface area contributed by atoms with Gasteiger partial charge >= 0.3 is 6.18 Å². The second kappa shape index (κ2) is 13.7. The van der Waals surface area contributed by atoms with Crippen molar-refractivity contribution in [2.24, 2.45) is 0 Å². The van der Waals surface area contributed by atoms with Gasteiger partial charge in [0.25, 0.3) is 11.5 Å². The van der Waals surface area contributed by atoms with Gasteiger partial charge in [-0.1, -0.05) is 35.9 Å². The number of carbonyl (C=O) groups excluding carboxylic acids is 2. The highest BCUT2D eigenvalue weighted by molar-refractivity contribution is 7.07. The summed E-state index contributed by atoms with van der Waals surface area (Å²) in [6.45, 7) is 2.79. The normalized spacial score (nSPS) is 12.6. The van der Waals surface area contributed by atoms with E-state index in [1.54, 1.807) is 36.5 Å². The number of aromatic nitrogens is 2. The number of pyridine rings is 1. The molecule has 3 rings (SSSR count). The van der Waals surface area contributed by atoms with Crippen LogP contribution in [0.15, 0.2) is 47.3 Å². The number of anilines is 2. The molecule has 0 saturated carbocycles. The largest absolute Gasteiger partial charge is 0.405 e. The van der Waals surface area contributed by atoms with Gasteiger partial charge in [-0.25, -0.2) is 4.98 Å². The van der Waals surface area contributed by atoms with E-state index in [0.717, 1.165) is 27.0 Å². The Morgan fingerprint density at radius 3 is 2.56 bits per heavy atom. The van der Waals surface area contributed by atoms with Crippen LogP contribution in [0.5, 0.6) is 0 Å². The Bertz CT molecular complexity index is 1640. The average molecular weight is 588 g/mol. The third-order valence-electron chi connectivity index (χ3n) is 5.54. The lowest BCUT2D eigenvalue weighted by Crippen LogP contribution is -2.37. The Morgan fingerprint density at radius 2 is 1.90 bits per heavy atom. The van der Waals surface area contributed by atoms with E-state index in [9.17, 15) is 32.8 Å². The molecule has 0 aliphatic rings. The summed E-state index contributed by atoms with van der Waals surface area (Å²) in [5.41, 5.74) is 1.07. The molecule has 0 aliphatic carbocycles. The first-order valence-electron chi connectivity index (χ1n) is 12.4. The molecule has 10 nitrogen and oxygen atoms in total. The van der Waals surface area contributed by atoms with Gasteiger partial charge < -0.3 is 16.0 Å². The van der Waals surface area contributed by atoms with Crippen molar-refractivity contribution in [1.29, 1.82) is 5.26 Å². The van der Waals surface area contributed by atoms with Gasteiger partial charge in [0, 0.05) is 19.3 Å². The van der Waals surface area contributed by atoms with Crippen LogP contribution in [0.3, 0.4) is 0 Å². The number of rotatable bonds is 10. The van der Waals surface area contributed by atoms with Gasteiger partial charge in [-0.3, -0.25) is 23.9 Å². The number of nitrogens with one attached hydrogen (secondary N) is 3. The van der Waals surface area contributed by atoms with Crippen molar-refractivity contribution in [2.45, 2.75) is 33.1 Å². The van der Waals surface area contributed by atoms with Crippen molar-refractivity contribution < 1.29 is 22.8 Å². The number of alkyl halides is 3. The Hall–Kier alpha value is -4.48. The Labute approximate surface area is 237 Å². The minimum Gasteiger partial charge on any atom is -0.345 e. The number of carbonyl (C=O) groups is 2. The monoisotopic (exact) mass is 587 g/mol. The van der Waals surface area contributed by atoms with Gasteiger partial charge in [-0.05, 0) is 38.6 Å². The van der Waals surface area contributed by atoms with Crippen LogP contribution in [0.2, 0.25) is 0 Å². The number of benzene rings is 1. The third-order valence-corrected chi connectivity index (χ3v) is 6.67. The molecule has 0 radical (unpaired) electrons. The predicted molar refractivity (Wildman–Crippen MR) is 150 cm³/mol. The summed E-state index contributed by atoms with van der Waals surface area (Å²) in [7, 11) is 1.83. The van der Waals surface area contributed by atoms with E-state index in [0.29, 0.717) is 12.4 Å². The highest BCUT2D eigenvalue weighted by Gasteiger charge is 2.29. The van der Waals surface area contributed by atoms with Crippen molar-refractivity contribution in [3.63, 3.8) is 0 Å². The standard InChI is InChI=1S/C27H28F3N7O3S/c1-4-37-25(40)20(41-26(37)19(12-31)24(39)33-16-27(28,29)30)13-32-21-9-6-10-22(34-21)35-23(38)15-36(3)14-18-8-5-7-17(2)11-18/h5-11,13H,4,14-16H2,1-3H3,(H,33,39)(H2,32,34,35,38). The summed E-state index contributed by atoms with van der Waals surface area (Å²) < 4.78 is 38.7. The Morgan fingerprint density at radius 1 is 1.20 bits per heavy atom. The highest BCUT2D eigenvalue weighted by Crippen LogP contribution is 2.13. The molecule has 0 bridgehead atoms. The lowest BCUT2D eigenvalue weighted by Gasteiger charge is -2.16. The molecule has 0 spiro atoms. The van der Waals surface area contributed by atoms with Gasteiger partial charge in [0.2, 0.25) is 5.91 Å². The van der Waals surface area contributed by atoms with E-state index in [1.807, 2.05) is 37.1 Å². The van der Waals surface area contributed by atoms with Crippen molar-refractivity contribution in [3.05, 3.63) is 73.1 Å². The lowest BCUT2D eigenvalue weighted by atomic mass is 10.1. The maximum Gasteiger partial charge on any atom is 0.405 e. The molecule has 0 aliphatic heterocycles. The van der Waals surface area contributed by atoms with Crippen LogP contribution in [0.1, 0.15) is 18.1 Å². The quantitative estimate of drug-likeness (QED) is 0.330. The van der Waals surface area contributed by atoms with Crippen molar-refractivity contribution >= 4 is 46.6 Å². The third kappa shape index (κ3) is 9.02. The molecule has 216 valence electrons. The van der Waals surface area contributed by atoms with Crippen molar-refractivity contribution in [2.75, 3.05) is 30.8 Å². The second-order valence-corrected chi connectivity index (χ2v) is 10.0. The van der Waals surface area contributed by atoms with E-state index >= 15 is 0 Å². The first kappa shape index (κ1) is 31.1. The topological polar surface area (TPSA) is 132 Å². The summed E-state index contributed by atoms with van der Waals surface area (Å²) in [6.07, 6.45) is -3.34. The summed E-state index contributed by atoms with van der Waals surface area (Å²) in [6, 6.07) is 14.4. The lowest BCUT2D eigenvalue weighted by molar-refractivity contribution is -0.135. The molecular formula is C27H28F3N7O3S. The highest BCUT2D eigenvalue weighted by atomic mass is 32.1. The number of nitrogens with zero attached hydrogens (tertiary/aromatic N) is 4. The zero-order chi connectivity index (χ0) is 30.2. The van der Waals surface area contributed by atoms with E-state index < -0.39 is 29.8 Å². The van der Waals surface area contributed by atoms with Gasteiger partial charge in [0.05, 0.1) is 6.54 Å². The Kier molecular flexibility index (Phi) is 10.4. The number of nitriles is 1. The summed E-state index contributed by atoms with van der Waals surface area (Å²) in [5, 5.41) is 16.7. The molecule has 0 unspecified atom stereocenters. The van der Waals surface area contributed by atoms with E-state index in [4.69, 9.17) is 0 Å². The van der Waals surface area contributed by atoms with Gasteiger partial charge in [-0.2, -0.15) is 18.4 Å². The van der Waals surface area contributed by atoms with Gasteiger partial charge in [-0.15, -0.1) is 11.3 Å². The molecule has 0 saturated heterocycles. The predicted octanol–water partition coefficient (Wildman–Crippen LogP) is 1.91. The van der Waals surface area contributed by atoms with Crippen LogP contribution in [0, 0.1) is 18.3 Å².